The van der Waals surface area contributed by atoms with Gasteiger partial charge in [-0.3, -0.25) is 9.59 Å². The highest BCUT2D eigenvalue weighted by atomic mass is 16.4. The van der Waals surface area contributed by atoms with E-state index in [1.165, 1.54) is 0 Å². The van der Waals surface area contributed by atoms with Crippen LogP contribution in [-0.4, -0.2) is 22.2 Å². The monoisotopic (exact) mass is 220 g/mol. The van der Waals surface area contributed by atoms with Gasteiger partial charge in [0.25, 0.3) is 0 Å². The molecule has 0 aliphatic heterocycles. The molecule has 0 radical (unpaired) electrons. The number of aryl methyl sites for hydroxylation is 1. The van der Waals surface area contributed by atoms with E-state index in [2.05, 4.69) is 0 Å². The molecule has 1 aromatic rings. The molecule has 16 heavy (non-hydrogen) atoms. The minimum Gasteiger partial charge on any atom is -0.481 e. The van der Waals surface area contributed by atoms with Crippen molar-refractivity contribution in [2.45, 2.75) is 18.8 Å². The van der Waals surface area contributed by atoms with Gasteiger partial charge in [0.2, 0.25) is 0 Å². The first kappa shape index (κ1) is 10.7. The zero-order valence-corrected chi connectivity index (χ0v) is 8.80. The fourth-order valence-corrected chi connectivity index (χ4v) is 2.09. The maximum absolute atomic E-state index is 11.2. The van der Waals surface area contributed by atoms with Crippen molar-refractivity contribution in [3.05, 3.63) is 35.4 Å². The fourth-order valence-electron chi connectivity index (χ4n) is 2.09. The average molecular weight is 220 g/mol. The van der Waals surface area contributed by atoms with E-state index in [0.29, 0.717) is 5.56 Å². The molecule has 0 heterocycles. The van der Waals surface area contributed by atoms with E-state index < -0.39 is 23.3 Å². The quantitative estimate of drug-likeness (QED) is 0.807. The summed E-state index contributed by atoms with van der Waals surface area (Å²) in [5.74, 6) is -2.89. The molecule has 2 rings (SSSR count). The van der Waals surface area contributed by atoms with E-state index in [1.807, 2.05) is 6.92 Å². The third kappa shape index (κ3) is 1.38. The first-order valence-corrected chi connectivity index (χ1v) is 5.02. The summed E-state index contributed by atoms with van der Waals surface area (Å²) in [6.07, 6.45) is 0.181. The number of carbonyl (C=O) groups is 2. The van der Waals surface area contributed by atoms with Crippen LogP contribution in [0.5, 0.6) is 0 Å². The molecule has 0 spiro atoms. The highest BCUT2D eigenvalue weighted by molar-refractivity contribution is 5.94. The van der Waals surface area contributed by atoms with Gasteiger partial charge in [-0.25, -0.2) is 0 Å². The molecule has 1 aliphatic rings. The first-order valence-electron chi connectivity index (χ1n) is 5.02. The number of carboxylic acids is 2. The lowest BCUT2D eigenvalue weighted by atomic mass is 9.92. The van der Waals surface area contributed by atoms with Crippen molar-refractivity contribution in [3.8, 4) is 0 Å². The lowest BCUT2D eigenvalue weighted by molar-refractivity contribution is -0.145. The third-order valence-corrected chi connectivity index (χ3v) is 3.21. The molecule has 2 atom stereocenters. The highest BCUT2D eigenvalue weighted by Gasteiger charge is 2.65. The molecule has 1 saturated carbocycles. The van der Waals surface area contributed by atoms with E-state index >= 15 is 0 Å². The molecule has 0 saturated heterocycles. The Bertz CT molecular complexity index is 449. The van der Waals surface area contributed by atoms with E-state index in [0.717, 1.165) is 5.56 Å². The van der Waals surface area contributed by atoms with Crippen LogP contribution in [0, 0.1) is 12.8 Å². The van der Waals surface area contributed by atoms with Crippen molar-refractivity contribution in [2.75, 3.05) is 0 Å². The van der Waals surface area contributed by atoms with Crippen LogP contribution >= 0.6 is 0 Å². The normalized spacial score (nSPS) is 27.4. The van der Waals surface area contributed by atoms with E-state index in [4.69, 9.17) is 5.11 Å². The maximum atomic E-state index is 11.2. The standard InChI is InChI=1S/C12H12O4/c1-7-2-4-8(5-3-7)12(11(15)16)6-9(12)10(13)14/h2-5,9H,6H2,1H3,(H,13,14)(H,15,16)/t9-,12+/m0/s1. The molecule has 0 unspecified atom stereocenters. The van der Waals surface area contributed by atoms with Gasteiger partial charge < -0.3 is 10.2 Å². The summed E-state index contributed by atoms with van der Waals surface area (Å²) in [4.78, 5) is 22.1. The van der Waals surface area contributed by atoms with Crippen molar-refractivity contribution in [3.63, 3.8) is 0 Å². The summed E-state index contributed by atoms with van der Waals surface area (Å²) in [5.41, 5.74) is 0.398. The minimum absolute atomic E-state index is 0.181. The van der Waals surface area contributed by atoms with Crippen molar-refractivity contribution in [1.82, 2.24) is 0 Å². The van der Waals surface area contributed by atoms with E-state index in [-0.39, 0.29) is 6.42 Å². The maximum Gasteiger partial charge on any atom is 0.315 e. The summed E-state index contributed by atoms with van der Waals surface area (Å²) in [5, 5.41) is 18.1. The van der Waals surface area contributed by atoms with Crippen LogP contribution in [0.1, 0.15) is 17.5 Å². The minimum atomic E-state index is -1.21. The topological polar surface area (TPSA) is 74.6 Å². The second kappa shape index (κ2) is 3.33. The number of hydrogen-bond donors (Lipinski definition) is 2. The molecule has 1 aromatic carbocycles. The summed E-state index contributed by atoms with van der Waals surface area (Å²) >= 11 is 0. The number of rotatable bonds is 3. The first-order chi connectivity index (χ1) is 7.48. The van der Waals surface area contributed by atoms with Gasteiger partial charge in [0.05, 0.1) is 5.92 Å². The number of carboxylic acid groups (broad SMARTS) is 2. The summed E-state index contributed by atoms with van der Waals surface area (Å²) in [7, 11) is 0. The Morgan fingerprint density at radius 1 is 1.25 bits per heavy atom. The zero-order chi connectivity index (χ0) is 11.9. The lowest BCUT2D eigenvalue weighted by Crippen LogP contribution is -2.25. The summed E-state index contributed by atoms with van der Waals surface area (Å²) in [6.45, 7) is 1.90. The van der Waals surface area contributed by atoms with Crippen LogP contribution in [0.3, 0.4) is 0 Å². The molecular weight excluding hydrogens is 208 g/mol. The van der Waals surface area contributed by atoms with Gasteiger partial charge in [-0.1, -0.05) is 29.8 Å². The van der Waals surface area contributed by atoms with E-state index in [9.17, 15) is 14.7 Å². The lowest BCUT2D eigenvalue weighted by Gasteiger charge is -2.11. The van der Waals surface area contributed by atoms with Gasteiger partial charge in [0.15, 0.2) is 0 Å². The van der Waals surface area contributed by atoms with Gasteiger partial charge >= 0.3 is 11.9 Å². The second-order valence-electron chi connectivity index (χ2n) is 4.24. The SMILES string of the molecule is Cc1ccc([C@]2(C(=O)O)C[C@H]2C(=O)O)cc1. The Hall–Kier alpha value is -1.84. The van der Waals surface area contributed by atoms with Crippen LogP contribution < -0.4 is 0 Å². The largest absolute Gasteiger partial charge is 0.481 e. The van der Waals surface area contributed by atoms with Gasteiger partial charge in [0, 0.05) is 0 Å². The highest BCUT2D eigenvalue weighted by Crippen LogP contribution is 2.54. The van der Waals surface area contributed by atoms with Gasteiger partial charge in [-0.2, -0.15) is 0 Å². The Morgan fingerprint density at radius 2 is 1.81 bits per heavy atom. The van der Waals surface area contributed by atoms with Crippen molar-refractivity contribution < 1.29 is 19.8 Å². The molecule has 2 N–H and O–H groups in total. The molecular formula is C12H12O4. The number of benzene rings is 1. The van der Waals surface area contributed by atoms with Crippen molar-refractivity contribution in [2.24, 2.45) is 5.92 Å². The molecule has 0 aromatic heterocycles. The smallest absolute Gasteiger partial charge is 0.315 e. The molecule has 1 aliphatic carbocycles. The Kier molecular flexibility index (Phi) is 2.22. The Balaban J connectivity index is 2.40. The van der Waals surface area contributed by atoms with Crippen LogP contribution in [0.4, 0.5) is 0 Å². The van der Waals surface area contributed by atoms with Crippen LogP contribution in [0.25, 0.3) is 0 Å². The Labute approximate surface area is 92.5 Å². The molecule has 4 heteroatoms. The predicted molar refractivity (Wildman–Crippen MR) is 56.2 cm³/mol. The number of hydrogen-bond acceptors (Lipinski definition) is 2. The molecule has 4 nitrogen and oxygen atoms in total. The van der Waals surface area contributed by atoms with Crippen molar-refractivity contribution in [1.29, 1.82) is 0 Å². The average Bonchev–Trinajstić information content (AvgIpc) is 2.95. The summed E-state index contributed by atoms with van der Waals surface area (Å²) in [6, 6.07) is 7.01. The number of aliphatic carboxylic acids is 2. The van der Waals surface area contributed by atoms with Crippen LogP contribution in [0.2, 0.25) is 0 Å². The molecule has 0 amide bonds. The van der Waals surface area contributed by atoms with Gasteiger partial charge in [-0.05, 0) is 18.9 Å². The van der Waals surface area contributed by atoms with Crippen LogP contribution in [-0.2, 0) is 15.0 Å². The summed E-state index contributed by atoms with van der Waals surface area (Å²) < 4.78 is 0. The zero-order valence-electron chi connectivity index (χ0n) is 8.80. The third-order valence-electron chi connectivity index (χ3n) is 3.21. The van der Waals surface area contributed by atoms with Crippen LogP contribution in [0.15, 0.2) is 24.3 Å². The predicted octanol–water partition coefficient (Wildman–Crippen LogP) is 1.42. The van der Waals surface area contributed by atoms with Gasteiger partial charge in [-0.15, -0.1) is 0 Å². The van der Waals surface area contributed by atoms with E-state index in [1.54, 1.807) is 24.3 Å². The second-order valence-corrected chi connectivity index (χ2v) is 4.24. The fraction of sp³-hybridized carbons (Fsp3) is 0.333. The molecule has 1 fully saturated rings. The molecule has 84 valence electrons. The Morgan fingerprint density at radius 3 is 2.19 bits per heavy atom. The van der Waals surface area contributed by atoms with Gasteiger partial charge in [0.1, 0.15) is 5.41 Å². The molecule has 0 bridgehead atoms. The van der Waals surface area contributed by atoms with Crippen molar-refractivity contribution >= 4 is 11.9 Å².